The minimum atomic E-state index is -0.350. The molecular formula is C20H19FN4OS. The molecule has 0 bridgehead atoms. The number of piperidine rings is 1. The number of hydrogen-bond donors (Lipinski definition) is 1. The van der Waals surface area contributed by atoms with E-state index in [-0.39, 0.29) is 17.6 Å². The molecule has 1 amide bonds. The van der Waals surface area contributed by atoms with Gasteiger partial charge in [-0.05, 0) is 42.5 Å². The number of rotatable bonds is 4. The molecule has 1 aromatic carbocycles. The summed E-state index contributed by atoms with van der Waals surface area (Å²) >= 11 is 1.46. The molecule has 0 radical (unpaired) electrons. The normalized spacial score (nSPS) is 16.9. The fourth-order valence-electron chi connectivity index (χ4n) is 3.30. The summed E-state index contributed by atoms with van der Waals surface area (Å²) < 4.78 is 13.8. The van der Waals surface area contributed by atoms with Crippen LogP contribution < -0.4 is 5.32 Å². The average molecular weight is 382 g/mol. The quantitative estimate of drug-likeness (QED) is 0.725. The van der Waals surface area contributed by atoms with E-state index in [1.165, 1.54) is 17.4 Å². The van der Waals surface area contributed by atoms with Crippen molar-refractivity contribution in [3.05, 3.63) is 70.4 Å². The first kappa shape index (κ1) is 17.6. The average Bonchev–Trinajstić information content (AvgIpc) is 3.24. The minimum absolute atomic E-state index is 0.0773. The first-order chi connectivity index (χ1) is 13.2. The Bertz CT molecular complexity index is 931. The number of carbonyl (C=O) groups is 1. The molecule has 1 atom stereocenters. The number of amides is 1. The van der Waals surface area contributed by atoms with Gasteiger partial charge in [0.25, 0.3) is 5.91 Å². The molecule has 3 aromatic rings. The highest BCUT2D eigenvalue weighted by Gasteiger charge is 2.27. The van der Waals surface area contributed by atoms with Crippen LogP contribution >= 0.6 is 11.3 Å². The molecular weight excluding hydrogens is 363 g/mol. The van der Waals surface area contributed by atoms with Gasteiger partial charge in [-0.25, -0.2) is 14.4 Å². The molecule has 2 aromatic heterocycles. The van der Waals surface area contributed by atoms with E-state index in [2.05, 4.69) is 15.3 Å². The first-order valence-corrected chi connectivity index (χ1v) is 9.76. The van der Waals surface area contributed by atoms with Gasteiger partial charge in [-0.3, -0.25) is 4.79 Å². The van der Waals surface area contributed by atoms with Crippen molar-refractivity contribution in [2.24, 2.45) is 0 Å². The van der Waals surface area contributed by atoms with E-state index in [0.717, 1.165) is 30.0 Å². The van der Waals surface area contributed by atoms with Crippen molar-refractivity contribution in [1.29, 1.82) is 0 Å². The number of thiophene rings is 1. The highest BCUT2D eigenvalue weighted by atomic mass is 32.1. The number of carbonyl (C=O) groups excluding carboxylic acids is 1. The zero-order valence-electron chi connectivity index (χ0n) is 14.6. The van der Waals surface area contributed by atoms with E-state index in [0.29, 0.717) is 18.2 Å². The number of hydrogen-bond acceptors (Lipinski definition) is 5. The van der Waals surface area contributed by atoms with E-state index < -0.39 is 0 Å². The third-order valence-corrected chi connectivity index (χ3v) is 5.51. The lowest BCUT2D eigenvalue weighted by Gasteiger charge is -2.32. The lowest BCUT2D eigenvalue weighted by molar-refractivity contribution is 0.0711. The van der Waals surface area contributed by atoms with Crippen LogP contribution in [0, 0.1) is 5.82 Å². The molecule has 5 nitrogen and oxygen atoms in total. The van der Waals surface area contributed by atoms with Crippen LogP contribution in [-0.4, -0.2) is 33.9 Å². The van der Waals surface area contributed by atoms with E-state index in [1.54, 1.807) is 24.4 Å². The van der Waals surface area contributed by atoms with Crippen molar-refractivity contribution < 1.29 is 9.18 Å². The van der Waals surface area contributed by atoms with Crippen molar-refractivity contribution in [2.45, 2.75) is 18.8 Å². The summed E-state index contributed by atoms with van der Waals surface area (Å²) in [7, 11) is 0. The van der Waals surface area contributed by atoms with Gasteiger partial charge in [0, 0.05) is 25.2 Å². The number of halogens is 1. The number of likely N-dealkylation sites (tertiary alicyclic amines) is 1. The van der Waals surface area contributed by atoms with Gasteiger partial charge in [-0.15, -0.1) is 11.3 Å². The molecule has 138 valence electrons. The predicted octanol–water partition coefficient (Wildman–Crippen LogP) is 4.44. The lowest BCUT2D eigenvalue weighted by atomic mass is 9.94. The summed E-state index contributed by atoms with van der Waals surface area (Å²) in [6, 6.07) is 12.1. The second-order valence-corrected chi connectivity index (χ2v) is 7.43. The number of nitrogens with zero attached hydrogens (tertiary/aromatic N) is 3. The summed E-state index contributed by atoms with van der Waals surface area (Å²) in [5.74, 6) is 0.233. The lowest BCUT2D eigenvalue weighted by Crippen LogP contribution is -2.39. The third-order valence-electron chi connectivity index (χ3n) is 4.66. The molecule has 4 rings (SSSR count). The molecule has 7 heteroatoms. The van der Waals surface area contributed by atoms with Crippen LogP contribution in [0.1, 0.15) is 34.1 Å². The van der Waals surface area contributed by atoms with Gasteiger partial charge < -0.3 is 10.2 Å². The predicted molar refractivity (Wildman–Crippen MR) is 104 cm³/mol. The fraction of sp³-hybridized carbons (Fsp3) is 0.250. The third kappa shape index (κ3) is 3.98. The maximum Gasteiger partial charge on any atom is 0.263 e. The van der Waals surface area contributed by atoms with Crippen LogP contribution in [-0.2, 0) is 0 Å². The molecule has 0 spiro atoms. The fourth-order valence-corrected chi connectivity index (χ4v) is 3.99. The zero-order chi connectivity index (χ0) is 18.6. The van der Waals surface area contributed by atoms with Crippen LogP contribution in [0.2, 0.25) is 0 Å². The van der Waals surface area contributed by atoms with Crippen LogP contribution in [0.5, 0.6) is 0 Å². The van der Waals surface area contributed by atoms with Gasteiger partial charge in [-0.1, -0.05) is 18.2 Å². The Morgan fingerprint density at radius 3 is 2.93 bits per heavy atom. The molecule has 3 heterocycles. The monoisotopic (exact) mass is 382 g/mol. The largest absolute Gasteiger partial charge is 0.337 e. The second-order valence-electron chi connectivity index (χ2n) is 6.48. The Hall–Kier alpha value is -2.80. The number of aromatic nitrogens is 2. The summed E-state index contributed by atoms with van der Waals surface area (Å²) in [6.45, 7) is 1.39. The number of benzene rings is 1. The number of para-hydroxylation sites is 1. The smallest absolute Gasteiger partial charge is 0.263 e. The van der Waals surface area contributed by atoms with Crippen molar-refractivity contribution >= 4 is 28.9 Å². The number of anilines is 2. The van der Waals surface area contributed by atoms with Crippen LogP contribution in [0.3, 0.4) is 0 Å². The summed E-state index contributed by atoms with van der Waals surface area (Å²) in [5, 5.41) is 4.85. The number of nitrogens with one attached hydrogen (secondary N) is 1. The molecule has 1 aliphatic heterocycles. The zero-order valence-corrected chi connectivity index (χ0v) is 15.5. The van der Waals surface area contributed by atoms with Crippen LogP contribution in [0.4, 0.5) is 16.0 Å². The van der Waals surface area contributed by atoms with Crippen LogP contribution in [0.15, 0.2) is 54.0 Å². The molecule has 1 saturated heterocycles. The molecule has 1 aliphatic rings. The van der Waals surface area contributed by atoms with Crippen molar-refractivity contribution in [3.63, 3.8) is 0 Å². The highest BCUT2D eigenvalue weighted by Crippen LogP contribution is 2.28. The van der Waals surface area contributed by atoms with Gasteiger partial charge in [0.15, 0.2) is 0 Å². The van der Waals surface area contributed by atoms with Gasteiger partial charge in [0.1, 0.15) is 5.82 Å². The van der Waals surface area contributed by atoms with E-state index in [9.17, 15) is 9.18 Å². The molecule has 1 fully saturated rings. The Balaban J connectivity index is 1.50. The second kappa shape index (κ2) is 7.84. The molecule has 0 aliphatic carbocycles. The molecule has 0 saturated carbocycles. The van der Waals surface area contributed by atoms with Crippen molar-refractivity contribution in [2.75, 3.05) is 18.4 Å². The van der Waals surface area contributed by atoms with E-state index in [4.69, 9.17) is 0 Å². The summed E-state index contributed by atoms with van der Waals surface area (Å²) in [4.78, 5) is 24.1. The van der Waals surface area contributed by atoms with E-state index >= 15 is 0 Å². The van der Waals surface area contributed by atoms with Crippen molar-refractivity contribution in [1.82, 2.24) is 14.9 Å². The maximum atomic E-state index is 13.8. The van der Waals surface area contributed by atoms with Gasteiger partial charge in [-0.2, -0.15) is 0 Å². The Labute approximate surface area is 160 Å². The minimum Gasteiger partial charge on any atom is -0.337 e. The summed E-state index contributed by atoms with van der Waals surface area (Å²) in [6.07, 6.45) is 3.57. The Morgan fingerprint density at radius 2 is 2.11 bits per heavy atom. The van der Waals surface area contributed by atoms with Gasteiger partial charge in [0.05, 0.1) is 16.3 Å². The van der Waals surface area contributed by atoms with Gasteiger partial charge in [0.2, 0.25) is 5.95 Å². The Morgan fingerprint density at radius 1 is 1.22 bits per heavy atom. The van der Waals surface area contributed by atoms with E-state index in [1.807, 2.05) is 28.5 Å². The molecule has 1 unspecified atom stereocenters. The first-order valence-electron chi connectivity index (χ1n) is 8.88. The molecule has 27 heavy (non-hydrogen) atoms. The Kier molecular flexibility index (Phi) is 5.11. The maximum absolute atomic E-state index is 13.8. The van der Waals surface area contributed by atoms with Crippen molar-refractivity contribution in [3.8, 4) is 0 Å². The SMILES string of the molecule is O=C(c1cccs1)N1CCCC(c2ccnc(Nc3ccccc3F)n2)C1. The standard InChI is InChI=1S/C20H19FN4OS/c21-15-6-1-2-7-17(15)24-20-22-10-9-16(23-20)14-5-3-11-25(13-14)19(26)18-8-4-12-27-18/h1-2,4,6-10,12,14H,3,5,11,13H2,(H,22,23,24). The summed E-state index contributed by atoms with van der Waals surface area (Å²) in [5.41, 5.74) is 1.21. The topological polar surface area (TPSA) is 58.1 Å². The van der Waals surface area contributed by atoms with Gasteiger partial charge >= 0.3 is 0 Å². The highest BCUT2D eigenvalue weighted by molar-refractivity contribution is 7.12. The molecule has 1 N–H and O–H groups in total. The van der Waals surface area contributed by atoms with Crippen LogP contribution in [0.25, 0.3) is 0 Å².